The summed E-state index contributed by atoms with van der Waals surface area (Å²) in [6.07, 6.45) is 3.35. The summed E-state index contributed by atoms with van der Waals surface area (Å²) in [4.78, 5) is 17.8. The van der Waals surface area contributed by atoms with Crippen molar-refractivity contribution in [1.82, 2.24) is 9.88 Å². The Morgan fingerprint density at radius 2 is 1.92 bits per heavy atom. The fourth-order valence-electron chi connectivity index (χ4n) is 2.99. The zero-order valence-corrected chi connectivity index (χ0v) is 14.4. The predicted octanol–water partition coefficient (Wildman–Crippen LogP) is 3.85. The molecule has 1 aliphatic rings. The number of benzene rings is 1. The van der Waals surface area contributed by atoms with Gasteiger partial charge in [0.25, 0.3) is 0 Å². The maximum atomic E-state index is 11.5. The van der Waals surface area contributed by atoms with Crippen LogP contribution in [0.3, 0.4) is 0 Å². The van der Waals surface area contributed by atoms with Crippen molar-refractivity contribution in [1.29, 1.82) is 0 Å². The lowest BCUT2D eigenvalue weighted by molar-refractivity contribution is -0.132. The molecule has 3 rings (SSSR count). The molecule has 1 aromatic heterocycles. The Balaban J connectivity index is 1.76. The van der Waals surface area contributed by atoms with Crippen molar-refractivity contribution in [2.45, 2.75) is 32.0 Å². The number of pyridine rings is 1. The van der Waals surface area contributed by atoms with Crippen molar-refractivity contribution in [2.24, 2.45) is 0 Å². The Morgan fingerprint density at radius 1 is 1.21 bits per heavy atom. The SMILES string of the molecule is CC(=O)N1CCC(O[C@H](c2ccc(Cl)cc2)c2ccccn2)CC1. The molecule has 0 spiro atoms. The predicted molar refractivity (Wildman–Crippen MR) is 93.9 cm³/mol. The minimum atomic E-state index is -0.225. The van der Waals surface area contributed by atoms with Crippen molar-refractivity contribution in [2.75, 3.05) is 13.1 Å². The van der Waals surface area contributed by atoms with Gasteiger partial charge in [0, 0.05) is 31.2 Å². The Kier molecular flexibility index (Phi) is 5.48. The van der Waals surface area contributed by atoms with E-state index < -0.39 is 0 Å². The monoisotopic (exact) mass is 344 g/mol. The molecule has 4 nitrogen and oxygen atoms in total. The van der Waals surface area contributed by atoms with E-state index in [0.29, 0.717) is 5.02 Å². The van der Waals surface area contributed by atoms with Gasteiger partial charge in [0.2, 0.25) is 5.91 Å². The smallest absolute Gasteiger partial charge is 0.219 e. The van der Waals surface area contributed by atoms with E-state index in [4.69, 9.17) is 16.3 Å². The number of aromatic nitrogens is 1. The zero-order chi connectivity index (χ0) is 16.9. The van der Waals surface area contributed by atoms with E-state index in [1.165, 1.54) is 0 Å². The van der Waals surface area contributed by atoms with Crippen LogP contribution in [0.15, 0.2) is 48.7 Å². The van der Waals surface area contributed by atoms with Crippen molar-refractivity contribution >= 4 is 17.5 Å². The number of carbonyl (C=O) groups is 1. The van der Waals surface area contributed by atoms with Gasteiger partial charge in [0.15, 0.2) is 0 Å². The van der Waals surface area contributed by atoms with Crippen LogP contribution < -0.4 is 0 Å². The van der Waals surface area contributed by atoms with Crippen LogP contribution >= 0.6 is 11.6 Å². The summed E-state index contributed by atoms with van der Waals surface area (Å²) in [5, 5.41) is 0.702. The van der Waals surface area contributed by atoms with Crippen LogP contribution in [0.5, 0.6) is 0 Å². The fourth-order valence-corrected chi connectivity index (χ4v) is 3.11. The van der Waals surface area contributed by atoms with Gasteiger partial charge < -0.3 is 9.64 Å². The van der Waals surface area contributed by atoms with Gasteiger partial charge in [-0.05, 0) is 42.7 Å². The summed E-state index contributed by atoms with van der Waals surface area (Å²) in [6, 6.07) is 13.5. The minimum absolute atomic E-state index is 0.114. The summed E-state index contributed by atoms with van der Waals surface area (Å²) in [7, 11) is 0. The molecule has 0 saturated carbocycles. The third-order valence-corrected chi connectivity index (χ3v) is 4.60. The normalized spacial score (nSPS) is 16.8. The molecular formula is C19H21ClN2O2. The maximum Gasteiger partial charge on any atom is 0.219 e. The second kappa shape index (κ2) is 7.77. The molecule has 1 aromatic carbocycles. The van der Waals surface area contributed by atoms with Gasteiger partial charge in [0.05, 0.1) is 11.8 Å². The van der Waals surface area contributed by atoms with Crippen LogP contribution in [0.4, 0.5) is 0 Å². The number of likely N-dealkylation sites (tertiary alicyclic amines) is 1. The van der Waals surface area contributed by atoms with E-state index in [-0.39, 0.29) is 18.1 Å². The van der Waals surface area contributed by atoms with Crippen LogP contribution in [0, 0.1) is 0 Å². The molecule has 0 N–H and O–H groups in total. The highest BCUT2D eigenvalue weighted by Crippen LogP contribution is 2.29. The molecule has 126 valence electrons. The molecule has 2 heterocycles. The largest absolute Gasteiger partial charge is 0.364 e. The number of rotatable bonds is 4. The number of ether oxygens (including phenoxy) is 1. The van der Waals surface area contributed by atoms with Crippen LogP contribution in [0.25, 0.3) is 0 Å². The zero-order valence-electron chi connectivity index (χ0n) is 13.7. The van der Waals surface area contributed by atoms with E-state index in [2.05, 4.69) is 4.98 Å². The highest BCUT2D eigenvalue weighted by molar-refractivity contribution is 6.30. The Hall–Kier alpha value is -1.91. The molecule has 1 fully saturated rings. The third kappa shape index (κ3) is 4.13. The number of hydrogen-bond acceptors (Lipinski definition) is 3. The van der Waals surface area contributed by atoms with Gasteiger partial charge in [-0.25, -0.2) is 0 Å². The number of carbonyl (C=O) groups excluding carboxylic acids is 1. The van der Waals surface area contributed by atoms with E-state index in [9.17, 15) is 4.79 Å². The lowest BCUT2D eigenvalue weighted by Crippen LogP contribution is -2.40. The fraction of sp³-hybridized carbons (Fsp3) is 0.368. The average molecular weight is 345 g/mol. The first-order valence-corrected chi connectivity index (χ1v) is 8.58. The second-order valence-corrected chi connectivity index (χ2v) is 6.46. The van der Waals surface area contributed by atoms with Gasteiger partial charge in [-0.2, -0.15) is 0 Å². The number of amides is 1. The first kappa shape index (κ1) is 16.9. The molecular weight excluding hydrogens is 324 g/mol. The standard InChI is InChI=1S/C19H21ClN2O2/c1-14(23)22-12-9-17(10-13-22)24-19(18-4-2-3-11-21-18)15-5-7-16(20)8-6-15/h2-8,11,17,19H,9-10,12-13H2,1H3/t19-/m1/s1. The van der Waals surface area contributed by atoms with Crippen LogP contribution in [-0.4, -0.2) is 35.0 Å². The van der Waals surface area contributed by atoms with Gasteiger partial charge in [0.1, 0.15) is 6.10 Å². The van der Waals surface area contributed by atoms with E-state index in [1.54, 1.807) is 13.1 Å². The molecule has 1 amide bonds. The highest BCUT2D eigenvalue weighted by atomic mass is 35.5. The summed E-state index contributed by atoms with van der Waals surface area (Å²) in [5.41, 5.74) is 1.92. The maximum absolute atomic E-state index is 11.5. The first-order chi connectivity index (χ1) is 11.6. The summed E-state index contributed by atoms with van der Waals surface area (Å²) < 4.78 is 6.39. The average Bonchev–Trinajstić information content (AvgIpc) is 2.62. The van der Waals surface area contributed by atoms with Crippen molar-refractivity contribution in [3.05, 3.63) is 64.9 Å². The topological polar surface area (TPSA) is 42.4 Å². The number of halogens is 1. The van der Waals surface area contributed by atoms with Crippen molar-refractivity contribution in [3.63, 3.8) is 0 Å². The van der Waals surface area contributed by atoms with Crippen molar-refractivity contribution in [3.8, 4) is 0 Å². The van der Waals surface area contributed by atoms with Gasteiger partial charge >= 0.3 is 0 Å². The van der Waals surface area contributed by atoms with Crippen LogP contribution in [0.2, 0.25) is 5.02 Å². The molecule has 1 aliphatic heterocycles. The first-order valence-electron chi connectivity index (χ1n) is 8.21. The Bertz CT molecular complexity index is 668. The summed E-state index contributed by atoms with van der Waals surface area (Å²) >= 11 is 6.01. The molecule has 0 radical (unpaired) electrons. The van der Waals surface area contributed by atoms with Crippen LogP contribution in [-0.2, 0) is 9.53 Å². The lowest BCUT2D eigenvalue weighted by atomic mass is 10.0. The minimum Gasteiger partial charge on any atom is -0.364 e. The van der Waals surface area contributed by atoms with E-state index in [0.717, 1.165) is 37.2 Å². The number of piperidine rings is 1. The Labute approximate surface area is 147 Å². The van der Waals surface area contributed by atoms with Gasteiger partial charge in [-0.1, -0.05) is 29.8 Å². The van der Waals surface area contributed by atoms with E-state index >= 15 is 0 Å². The third-order valence-electron chi connectivity index (χ3n) is 4.34. The molecule has 1 atom stereocenters. The molecule has 2 aromatic rings. The molecule has 0 bridgehead atoms. The number of nitrogens with zero attached hydrogens (tertiary/aromatic N) is 2. The summed E-state index contributed by atoms with van der Waals surface area (Å²) in [5.74, 6) is 0.132. The lowest BCUT2D eigenvalue weighted by Gasteiger charge is -2.33. The van der Waals surface area contributed by atoms with Crippen molar-refractivity contribution < 1.29 is 9.53 Å². The van der Waals surface area contributed by atoms with Gasteiger partial charge in [-0.15, -0.1) is 0 Å². The second-order valence-electron chi connectivity index (χ2n) is 6.03. The molecule has 24 heavy (non-hydrogen) atoms. The molecule has 0 aliphatic carbocycles. The Morgan fingerprint density at radius 3 is 2.50 bits per heavy atom. The summed E-state index contributed by atoms with van der Waals surface area (Å²) in [6.45, 7) is 3.11. The quantitative estimate of drug-likeness (QED) is 0.846. The van der Waals surface area contributed by atoms with Crippen LogP contribution in [0.1, 0.15) is 37.1 Å². The highest BCUT2D eigenvalue weighted by Gasteiger charge is 2.26. The molecule has 0 unspecified atom stereocenters. The van der Waals surface area contributed by atoms with Gasteiger partial charge in [-0.3, -0.25) is 9.78 Å². The number of hydrogen-bond donors (Lipinski definition) is 0. The molecule has 5 heteroatoms. The van der Waals surface area contributed by atoms with E-state index in [1.807, 2.05) is 47.4 Å². The molecule has 1 saturated heterocycles.